The van der Waals surface area contributed by atoms with Crippen molar-refractivity contribution in [2.75, 3.05) is 31.7 Å². The summed E-state index contributed by atoms with van der Waals surface area (Å²) < 4.78 is 5.19. The monoisotopic (exact) mass is 286 g/mol. The van der Waals surface area contributed by atoms with Crippen molar-refractivity contribution in [1.82, 2.24) is 15.0 Å². The van der Waals surface area contributed by atoms with Gasteiger partial charge in [-0.15, -0.1) is 0 Å². The molecule has 3 rings (SSSR count). The number of hydrogen-bond acceptors (Lipinski definition) is 6. The first-order valence-electron chi connectivity index (χ1n) is 6.89. The maximum atomic E-state index is 9.44. The Balaban J connectivity index is 1.78. The third-order valence-electron chi connectivity index (χ3n) is 3.57. The fourth-order valence-corrected chi connectivity index (χ4v) is 2.20. The lowest BCUT2D eigenvalue weighted by atomic mass is 9.87. The molecule has 3 heterocycles. The van der Waals surface area contributed by atoms with Crippen molar-refractivity contribution in [3.05, 3.63) is 36.3 Å². The fourth-order valence-electron chi connectivity index (χ4n) is 2.20. The Kier molecular flexibility index (Phi) is 3.81. The van der Waals surface area contributed by atoms with Gasteiger partial charge < -0.3 is 15.2 Å². The van der Waals surface area contributed by atoms with Crippen LogP contribution in [0, 0.1) is 12.3 Å². The van der Waals surface area contributed by atoms with Crippen molar-refractivity contribution in [3.63, 3.8) is 0 Å². The summed E-state index contributed by atoms with van der Waals surface area (Å²) in [5.74, 6) is 1.40. The van der Waals surface area contributed by atoms with Crippen LogP contribution in [-0.2, 0) is 4.74 Å². The van der Waals surface area contributed by atoms with Crippen molar-refractivity contribution in [1.29, 1.82) is 0 Å². The molecule has 0 spiro atoms. The summed E-state index contributed by atoms with van der Waals surface area (Å²) in [5, 5.41) is 12.7. The molecule has 2 N–H and O–H groups in total. The predicted octanol–water partition coefficient (Wildman–Crippen LogP) is 1.27. The van der Waals surface area contributed by atoms with E-state index in [-0.39, 0.29) is 12.0 Å². The van der Waals surface area contributed by atoms with Crippen molar-refractivity contribution >= 4 is 5.82 Å². The van der Waals surface area contributed by atoms with Crippen LogP contribution in [0.2, 0.25) is 0 Å². The van der Waals surface area contributed by atoms with Gasteiger partial charge in [-0.1, -0.05) is 0 Å². The highest BCUT2D eigenvalue weighted by atomic mass is 16.5. The average Bonchev–Trinajstić information content (AvgIpc) is 2.47. The highest BCUT2D eigenvalue weighted by Gasteiger charge is 2.37. The van der Waals surface area contributed by atoms with Crippen molar-refractivity contribution in [2.24, 2.45) is 5.41 Å². The minimum atomic E-state index is -0.187. The van der Waals surface area contributed by atoms with Crippen molar-refractivity contribution in [2.45, 2.75) is 6.92 Å². The average molecular weight is 286 g/mol. The van der Waals surface area contributed by atoms with E-state index in [2.05, 4.69) is 20.3 Å². The molecule has 6 nitrogen and oxygen atoms in total. The molecule has 0 atom stereocenters. The molecule has 1 aliphatic rings. The molecule has 0 unspecified atom stereocenters. The zero-order chi connectivity index (χ0) is 14.7. The lowest BCUT2D eigenvalue weighted by molar-refractivity contribution is -0.128. The van der Waals surface area contributed by atoms with Crippen LogP contribution in [0.5, 0.6) is 0 Å². The minimum absolute atomic E-state index is 0.111. The second-order valence-corrected chi connectivity index (χ2v) is 5.46. The van der Waals surface area contributed by atoms with Crippen LogP contribution in [0.3, 0.4) is 0 Å². The Morgan fingerprint density at radius 2 is 2.24 bits per heavy atom. The number of hydrogen-bond donors (Lipinski definition) is 2. The molecular formula is C15H18N4O2. The van der Waals surface area contributed by atoms with Crippen molar-refractivity contribution < 1.29 is 9.84 Å². The smallest absolute Gasteiger partial charge is 0.163 e. The number of aromatic nitrogens is 3. The molecule has 0 bridgehead atoms. The highest BCUT2D eigenvalue weighted by molar-refractivity contribution is 5.56. The lowest BCUT2D eigenvalue weighted by Crippen LogP contribution is -2.50. The van der Waals surface area contributed by atoms with Gasteiger partial charge >= 0.3 is 0 Å². The number of pyridine rings is 1. The second kappa shape index (κ2) is 5.75. The van der Waals surface area contributed by atoms with E-state index in [4.69, 9.17) is 4.74 Å². The van der Waals surface area contributed by atoms with Gasteiger partial charge in [-0.3, -0.25) is 4.98 Å². The van der Waals surface area contributed by atoms with Crippen molar-refractivity contribution in [3.8, 4) is 11.4 Å². The van der Waals surface area contributed by atoms with Gasteiger partial charge in [0.2, 0.25) is 0 Å². The molecule has 2 aromatic rings. The van der Waals surface area contributed by atoms with E-state index >= 15 is 0 Å². The van der Waals surface area contributed by atoms with E-state index in [1.165, 1.54) is 0 Å². The van der Waals surface area contributed by atoms with Gasteiger partial charge in [0.05, 0.1) is 25.2 Å². The number of aryl methyl sites for hydroxylation is 1. The van der Waals surface area contributed by atoms with Gasteiger partial charge in [0, 0.05) is 36.3 Å². The molecule has 110 valence electrons. The Labute approximate surface area is 123 Å². The minimum Gasteiger partial charge on any atom is -0.396 e. The zero-order valence-electron chi connectivity index (χ0n) is 11.9. The maximum Gasteiger partial charge on any atom is 0.163 e. The first kappa shape index (κ1) is 13.9. The molecule has 21 heavy (non-hydrogen) atoms. The summed E-state index contributed by atoms with van der Waals surface area (Å²) in [6.45, 7) is 3.83. The number of nitrogens with zero attached hydrogens (tertiary/aromatic N) is 3. The molecule has 0 aliphatic carbocycles. The first-order valence-corrected chi connectivity index (χ1v) is 6.89. The normalized spacial score (nSPS) is 16.3. The molecule has 1 fully saturated rings. The SMILES string of the molecule is Cc1cc(NCC2(CO)COC2)nc(-c2cccnc2)n1. The van der Waals surface area contributed by atoms with E-state index in [1.807, 2.05) is 25.1 Å². The molecule has 0 aromatic carbocycles. The number of aliphatic hydroxyl groups is 1. The number of ether oxygens (including phenoxy) is 1. The highest BCUT2D eigenvalue weighted by Crippen LogP contribution is 2.27. The van der Waals surface area contributed by atoms with Crippen LogP contribution in [-0.4, -0.2) is 46.4 Å². The Morgan fingerprint density at radius 1 is 1.38 bits per heavy atom. The van der Waals surface area contributed by atoms with E-state index in [0.717, 1.165) is 17.1 Å². The summed E-state index contributed by atoms with van der Waals surface area (Å²) >= 11 is 0. The third-order valence-corrected chi connectivity index (χ3v) is 3.57. The number of aliphatic hydroxyl groups excluding tert-OH is 1. The van der Waals surface area contributed by atoms with Crippen LogP contribution in [0.25, 0.3) is 11.4 Å². The lowest BCUT2D eigenvalue weighted by Gasteiger charge is -2.39. The standard InChI is InChI=1S/C15H18N4O2/c1-11-5-13(17-7-15(8-20)9-21-10-15)19-14(18-11)12-3-2-4-16-6-12/h2-6,20H,7-10H2,1H3,(H,17,18,19). The van der Waals surface area contributed by atoms with Gasteiger partial charge in [0.15, 0.2) is 5.82 Å². The summed E-state index contributed by atoms with van der Waals surface area (Å²) in [7, 11) is 0. The predicted molar refractivity (Wildman–Crippen MR) is 78.8 cm³/mol. The summed E-state index contributed by atoms with van der Waals surface area (Å²) in [6, 6.07) is 5.69. The quantitative estimate of drug-likeness (QED) is 0.861. The Bertz CT molecular complexity index is 609. The van der Waals surface area contributed by atoms with Crippen LogP contribution in [0.1, 0.15) is 5.69 Å². The van der Waals surface area contributed by atoms with Gasteiger partial charge in [0.25, 0.3) is 0 Å². The number of anilines is 1. The van der Waals surface area contributed by atoms with E-state index < -0.39 is 0 Å². The van der Waals surface area contributed by atoms with E-state index in [9.17, 15) is 5.11 Å². The number of rotatable bonds is 5. The van der Waals surface area contributed by atoms with Gasteiger partial charge in [-0.25, -0.2) is 9.97 Å². The third kappa shape index (κ3) is 3.01. The number of nitrogens with one attached hydrogen (secondary N) is 1. The van der Waals surface area contributed by atoms with Crippen LogP contribution in [0.4, 0.5) is 5.82 Å². The summed E-state index contributed by atoms with van der Waals surface area (Å²) in [4.78, 5) is 13.0. The first-order chi connectivity index (χ1) is 10.2. The maximum absolute atomic E-state index is 9.44. The summed E-state index contributed by atoms with van der Waals surface area (Å²) in [5.41, 5.74) is 1.58. The molecule has 6 heteroatoms. The van der Waals surface area contributed by atoms with Gasteiger partial charge in [0.1, 0.15) is 5.82 Å². The van der Waals surface area contributed by atoms with E-state index in [1.54, 1.807) is 12.4 Å². The molecule has 0 saturated carbocycles. The largest absolute Gasteiger partial charge is 0.396 e. The molecule has 0 amide bonds. The van der Waals surface area contributed by atoms with Gasteiger partial charge in [-0.2, -0.15) is 0 Å². The molecule has 1 saturated heterocycles. The fraction of sp³-hybridized carbons (Fsp3) is 0.400. The summed E-state index contributed by atoms with van der Waals surface area (Å²) in [6.07, 6.45) is 3.47. The molecule has 0 radical (unpaired) electrons. The second-order valence-electron chi connectivity index (χ2n) is 5.46. The Morgan fingerprint density at radius 3 is 2.86 bits per heavy atom. The zero-order valence-corrected chi connectivity index (χ0v) is 11.9. The van der Waals surface area contributed by atoms with Crippen LogP contribution < -0.4 is 5.32 Å². The Hall–Kier alpha value is -2.05. The topological polar surface area (TPSA) is 80.2 Å². The molecule has 1 aliphatic heterocycles. The van der Waals surface area contributed by atoms with Crippen LogP contribution in [0.15, 0.2) is 30.6 Å². The molecule has 2 aromatic heterocycles. The van der Waals surface area contributed by atoms with Crippen LogP contribution >= 0.6 is 0 Å². The van der Waals surface area contributed by atoms with E-state index in [0.29, 0.717) is 25.6 Å². The molecular weight excluding hydrogens is 268 g/mol. The van der Waals surface area contributed by atoms with Gasteiger partial charge in [-0.05, 0) is 19.1 Å².